The molecule has 0 fully saturated rings. The first-order chi connectivity index (χ1) is 13.7. The number of halogens is 2. The number of fused-ring (bicyclic) bond motifs is 1. The molecule has 3 rings (SSSR count). The topological polar surface area (TPSA) is 126 Å². The van der Waals surface area contributed by atoms with Crippen LogP contribution in [0, 0.1) is 10.1 Å². The van der Waals surface area contributed by atoms with Gasteiger partial charge in [0.15, 0.2) is 24.7 Å². The number of carbonyl (C=O) groups is 2. The molecule has 1 aliphatic rings. The molecule has 10 nitrogen and oxygen atoms in total. The zero-order valence-corrected chi connectivity index (χ0v) is 14.4. The van der Waals surface area contributed by atoms with Crippen LogP contribution < -0.4 is 19.5 Å². The van der Waals surface area contributed by atoms with Crippen LogP contribution in [0.1, 0.15) is 0 Å². The van der Waals surface area contributed by atoms with E-state index in [2.05, 4.69) is 14.8 Å². The first-order valence-electron chi connectivity index (χ1n) is 7.94. The highest BCUT2D eigenvalue weighted by Crippen LogP contribution is 2.42. The molecule has 0 aromatic heterocycles. The van der Waals surface area contributed by atoms with E-state index in [4.69, 9.17) is 9.47 Å². The van der Waals surface area contributed by atoms with E-state index in [-0.39, 0.29) is 28.6 Å². The average Bonchev–Trinajstić information content (AvgIpc) is 2.98. The lowest BCUT2D eigenvalue weighted by molar-refractivity contribution is -0.384. The Kier molecular flexibility index (Phi) is 5.43. The third-order valence-electron chi connectivity index (χ3n) is 3.45. The number of nitrogens with one attached hydrogen (secondary N) is 1. The quantitative estimate of drug-likeness (QED) is 0.419. The molecule has 2 aromatic rings. The monoisotopic (exact) mass is 410 g/mol. The molecular formula is C17H12F2N2O8. The van der Waals surface area contributed by atoms with Crippen LogP contribution in [-0.2, 0) is 14.3 Å². The van der Waals surface area contributed by atoms with E-state index in [9.17, 15) is 28.5 Å². The van der Waals surface area contributed by atoms with Crippen molar-refractivity contribution in [3.8, 4) is 17.2 Å². The number of hydrogen-bond acceptors (Lipinski definition) is 8. The number of esters is 1. The molecule has 1 heterocycles. The summed E-state index contributed by atoms with van der Waals surface area (Å²) in [7, 11) is 0. The second-order valence-corrected chi connectivity index (χ2v) is 5.58. The third-order valence-corrected chi connectivity index (χ3v) is 3.45. The number of alkyl halides is 2. The Bertz CT molecular complexity index is 949. The van der Waals surface area contributed by atoms with Crippen LogP contribution in [0.3, 0.4) is 0 Å². The number of nitro benzene ring substituents is 1. The van der Waals surface area contributed by atoms with Gasteiger partial charge in [-0.3, -0.25) is 14.9 Å². The van der Waals surface area contributed by atoms with Crippen LogP contribution in [-0.4, -0.2) is 36.3 Å². The van der Waals surface area contributed by atoms with Gasteiger partial charge in [-0.05, 0) is 24.3 Å². The normalized spacial score (nSPS) is 13.4. The molecule has 2 aromatic carbocycles. The Morgan fingerprint density at radius 1 is 1.07 bits per heavy atom. The molecule has 1 amide bonds. The summed E-state index contributed by atoms with van der Waals surface area (Å²) in [5.74, 6) is -1.80. The molecule has 0 saturated carbocycles. The molecule has 0 spiro atoms. The van der Waals surface area contributed by atoms with E-state index in [0.717, 1.165) is 6.07 Å². The minimum Gasteiger partial charge on any atom is -0.482 e. The highest BCUT2D eigenvalue weighted by molar-refractivity contribution is 5.93. The maximum absolute atomic E-state index is 13.0. The van der Waals surface area contributed by atoms with Gasteiger partial charge in [0.1, 0.15) is 5.75 Å². The van der Waals surface area contributed by atoms with Gasteiger partial charge in [0.25, 0.3) is 11.6 Å². The van der Waals surface area contributed by atoms with Crippen LogP contribution in [0.2, 0.25) is 0 Å². The average molecular weight is 410 g/mol. The summed E-state index contributed by atoms with van der Waals surface area (Å²) in [5.41, 5.74) is -0.00272. The number of amides is 1. The van der Waals surface area contributed by atoms with E-state index < -0.39 is 36.3 Å². The Morgan fingerprint density at radius 2 is 1.76 bits per heavy atom. The predicted octanol–water partition coefficient (Wildman–Crippen LogP) is 2.48. The molecule has 0 atom stereocenters. The highest BCUT2D eigenvalue weighted by Gasteiger charge is 2.43. The Balaban J connectivity index is 1.42. The van der Waals surface area contributed by atoms with Gasteiger partial charge in [0, 0.05) is 23.9 Å². The molecule has 1 aliphatic heterocycles. The van der Waals surface area contributed by atoms with E-state index >= 15 is 0 Å². The molecular weight excluding hydrogens is 398 g/mol. The van der Waals surface area contributed by atoms with Crippen molar-refractivity contribution in [1.29, 1.82) is 0 Å². The van der Waals surface area contributed by atoms with Gasteiger partial charge in [-0.15, -0.1) is 8.78 Å². The van der Waals surface area contributed by atoms with Crippen LogP contribution in [0.15, 0.2) is 42.5 Å². The molecule has 1 N–H and O–H groups in total. The number of anilines is 1. The molecule has 12 heteroatoms. The Hall–Kier alpha value is -3.96. The first kappa shape index (κ1) is 19.8. The summed E-state index contributed by atoms with van der Waals surface area (Å²) in [4.78, 5) is 33.4. The van der Waals surface area contributed by atoms with Crippen molar-refractivity contribution in [1.82, 2.24) is 0 Å². The van der Waals surface area contributed by atoms with Crippen molar-refractivity contribution in [2.45, 2.75) is 6.29 Å². The lowest BCUT2D eigenvalue weighted by Gasteiger charge is -2.08. The molecule has 0 saturated heterocycles. The molecule has 0 unspecified atom stereocenters. The Labute approximate surface area is 161 Å². The number of nitro groups is 1. The molecule has 152 valence electrons. The predicted molar refractivity (Wildman–Crippen MR) is 90.8 cm³/mol. The summed E-state index contributed by atoms with van der Waals surface area (Å²) >= 11 is 0. The number of nitrogens with zero attached hydrogens (tertiary/aromatic N) is 1. The van der Waals surface area contributed by atoms with Gasteiger partial charge >= 0.3 is 12.3 Å². The standard InChI is InChI=1S/C17H12F2N2O8/c18-17(19)28-13-6-1-10(7-14(13)29-17)20-15(22)8-27-16(23)9-26-12-4-2-11(3-5-12)21(24)25/h1-7H,8-9H2,(H,20,22). The molecule has 0 radical (unpaired) electrons. The van der Waals surface area contributed by atoms with Gasteiger partial charge in [-0.25, -0.2) is 4.79 Å². The molecule has 0 bridgehead atoms. The van der Waals surface area contributed by atoms with Crippen molar-refractivity contribution >= 4 is 23.3 Å². The lowest BCUT2D eigenvalue weighted by Crippen LogP contribution is -2.26. The van der Waals surface area contributed by atoms with E-state index in [1.807, 2.05) is 0 Å². The Morgan fingerprint density at radius 3 is 2.45 bits per heavy atom. The largest absolute Gasteiger partial charge is 0.586 e. The van der Waals surface area contributed by atoms with E-state index in [0.29, 0.717) is 0 Å². The van der Waals surface area contributed by atoms with Crippen LogP contribution >= 0.6 is 0 Å². The van der Waals surface area contributed by atoms with Crippen LogP contribution in [0.4, 0.5) is 20.2 Å². The smallest absolute Gasteiger partial charge is 0.482 e. The second-order valence-electron chi connectivity index (χ2n) is 5.58. The van der Waals surface area contributed by atoms with Gasteiger partial charge in [0.2, 0.25) is 0 Å². The fourth-order valence-electron chi connectivity index (χ4n) is 2.22. The molecule has 0 aliphatic carbocycles. The maximum Gasteiger partial charge on any atom is 0.586 e. The van der Waals surface area contributed by atoms with Gasteiger partial charge < -0.3 is 24.3 Å². The number of rotatable bonds is 7. The van der Waals surface area contributed by atoms with Crippen molar-refractivity contribution in [2.75, 3.05) is 18.5 Å². The second kappa shape index (κ2) is 7.96. The summed E-state index contributed by atoms with van der Waals surface area (Å²) in [5, 5.41) is 12.9. The van der Waals surface area contributed by atoms with Crippen molar-refractivity contribution in [3.63, 3.8) is 0 Å². The summed E-state index contributed by atoms with van der Waals surface area (Å²) < 4.78 is 44.2. The summed E-state index contributed by atoms with van der Waals surface area (Å²) in [6.07, 6.45) is -3.77. The van der Waals surface area contributed by atoms with Crippen LogP contribution in [0.25, 0.3) is 0 Å². The number of hydrogen-bond donors (Lipinski definition) is 1. The fourth-order valence-corrected chi connectivity index (χ4v) is 2.22. The van der Waals surface area contributed by atoms with Crippen molar-refractivity contribution < 1.29 is 42.2 Å². The van der Waals surface area contributed by atoms with Crippen molar-refractivity contribution in [2.24, 2.45) is 0 Å². The van der Waals surface area contributed by atoms with Crippen molar-refractivity contribution in [3.05, 3.63) is 52.6 Å². The summed E-state index contributed by atoms with van der Waals surface area (Å²) in [6.45, 7) is -1.17. The zero-order valence-electron chi connectivity index (χ0n) is 14.4. The number of ether oxygens (including phenoxy) is 4. The van der Waals surface area contributed by atoms with E-state index in [1.54, 1.807) is 0 Å². The number of non-ortho nitro benzene ring substituents is 1. The third kappa shape index (κ3) is 5.28. The SMILES string of the molecule is O=C(COC(=O)COc1ccc([N+](=O)[O-])cc1)Nc1ccc2c(c1)OC(F)(F)O2. The lowest BCUT2D eigenvalue weighted by atomic mass is 10.3. The van der Waals surface area contributed by atoms with Gasteiger partial charge in [-0.1, -0.05) is 0 Å². The fraction of sp³-hybridized carbons (Fsp3) is 0.176. The van der Waals surface area contributed by atoms with Gasteiger partial charge in [-0.2, -0.15) is 0 Å². The maximum atomic E-state index is 13.0. The zero-order chi connectivity index (χ0) is 21.0. The highest BCUT2D eigenvalue weighted by atomic mass is 19.3. The first-order valence-corrected chi connectivity index (χ1v) is 7.94. The minimum absolute atomic E-state index is 0.133. The summed E-state index contributed by atoms with van der Waals surface area (Å²) in [6, 6.07) is 8.65. The minimum atomic E-state index is -3.77. The van der Waals surface area contributed by atoms with Gasteiger partial charge in [0.05, 0.1) is 4.92 Å². The number of benzene rings is 2. The van der Waals surface area contributed by atoms with Crippen LogP contribution in [0.5, 0.6) is 17.2 Å². The molecule has 29 heavy (non-hydrogen) atoms. The number of carbonyl (C=O) groups excluding carboxylic acids is 2. The van der Waals surface area contributed by atoms with E-state index in [1.165, 1.54) is 36.4 Å².